The van der Waals surface area contributed by atoms with Crippen LogP contribution in [0.15, 0.2) is 65.7 Å². The van der Waals surface area contributed by atoms with E-state index in [1.807, 2.05) is 50.2 Å². The number of benzene rings is 2. The molecule has 0 unspecified atom stereocenters. The van der Waals surface area contributed by atoms with E-state index in [2.05, 4.69) is 35.6 Å². The van der Waals surface area contributed by atoms with Crippen molar-refractivity contribution in [3.63, 3.8) is 0 Å². The standard InChI is InChI=1S/C23H23F3N6OS/c1-15-13-16(2)29-21(28-15)31-20(27-12-11-17-7-4-3-5-8-17)32-22(34)30-18-9-6-10-19(14-18)33-23(24,25)26/h3-10,13-14H,11-12H2,1-2H3,(H3,27,28,29,30,31,32,34). The van der Waals surface area contributed by atoms with Gasteiger partial charge in [-0.3, -0.25) is 10.3 Å². The van der Waals surface area contributed by atoms with E-state index in [4.69, 9.17) is 12.2 Å². The third kappa shape index (κ3) is 8.66. The number of ether oxygens (including phenoxy) is 1. The van der Waals surface area contributed by atoms with Gasteiger partial charge in [0, 0.05) is 29.7 Å². The van der Waals surface area contributed by atoms with Gasteiger partial charge in [0.25, 0.3) is 0 Å². The number of halogens is 3. The lowest BCUT2D eigenvalue weighted by atomic mass is 10.2. The van der Waals surface area contributed by atoms with E-state index < -0.39 is 6.36 Å². The fraction of sp³-hybridized carbons (Fsp3) is 0.217. The molecule has 1 aromatic heterocycles. The molecule has 3 N–H and O–H groups in total. The van der Waals surface area contributed by atoms with Crippen molar-refractivity contribution < 1.29 is 17.9 Å². The molecule has 0 atom stereocenters. The summed E-state index contributed by atoms with van der Waals surface area (Å²) < 4.78 is 41.4. The van der Waals surface area contributed by atoms with Crippen LogP contribution in [0.5, 0.6) is 5.75 Å². The summed E-state index contributed by atoms with van der Waals surface area (Å²) in [6.07, 6.45) is -4.09. The number of anilines is 2. The summed E-state index contributed by atoms with van der Waals surface area (Å²) in [6.45, 7) is 4.14. The van der Waals surface area contributed by atoms with Crippen LogP contribution in [-0.4, -0.2) is 33.9 Å². The minimum absolute atomic E-state index is 0.111. The molecule has 0 radical (unpaired) electrons. The summed E-state index contributed by atoms with van der Waals surface area (Å²) in [4.78, 5) is 13.2. The number of hydrogen-bond donors (Lipinski definition) is 3. The zero-order chi connectivity index (χ0) is 24.6. The van der Waals surface area contributed by atoms with Gasteiger partial charge in [0.05, 0.1) is 0 Å². The number of alkyl halides is 3. The van der Waals surface area contributed by atoms with E-state index >= 15 is 0 Å². The van der Waals surface area contributed by atoms with Gasteiger partial charge in [-0.15, -0.1) is 13.2 Å². The van der Waals surface area contributed by atoms with Gasteiger partial charge in [-0.05, 0) is 56.2 Å². The molecule has 0 aliphatic rings. The summed E-state index contributed by atoms with van der Waals surface area (Å²) in [5.41, 5.74) is 2.99. The first-order valence-electron chi connectivity index (χ1n) is 10.3. The van der Waals surface area contributed by atoms with Crippen LogP contribution in [0.3, 0.4) is 0 Å². The maximum Gasteiger partial charge on any atom is 0.573 e. The highest BCUT2D eigenvalue weighted by molar-refractivity contribution is 7.80. The van der Waals surface area contributed by atoms with Crippen molar-refractivity contribution >= 4 is 34.9 Å². The van der Waals surface area contributed by atoms with E-state index in [1.165, 1.54) is 18.2 Å². The van der Waals surface area contributed by atoms with Crippen molar-refractivity contribution in [2.24, 2.45) is 4.99 Å². The molecule has 2 aromatic carbocycles. The predicted octanol–water partition coefficient (Wildman–Crippen LogP) is 4.99. The highest BCUT2D eigenvalue weighted by atomic mass is 32.1. The minimum Gasteiger partial charge on any atom is -0.406 e. The van der Waals surface area contributed by atoms with Gasteiger partial charge in [-0.1, -0.05) is 36.4 Å². The van der Waals surface area contributed by atoms with E-state index in [-0.39, 0.29) is 10.9 Å². The molecule has 3 aromatic rings. The van der Waals surface area contributed by atoms with Crippen LogP contribution < -0.4 is 20.7 Å². The lowest BCUT2D eigenvalue weighted by Crippen LogP contribution is -2.39. The van der Waals surface area contributed by atoms with Crippen LogP contribution in [0.4, 0.5) is 24.8 Å². The Morgan fingerprint density at radius 2 is 1.68 bits per heavy atom. The summed E-state index contributed by atoms with van der Waals surface area (Å²) in [6, 6.07) is 17.1. The molecule has 1 heterocycles. The molecule has 7 nitrogen and oxygen atoms in total. The lowest BCUT2D eigenvalue weighted by Gasteiger charge is -2.15. The van der Waals surface area contributed by atoms with Crippen molar-refractivity contribution in [1.82, 2.24) is 15.3 Å². The van der Waals surface area contributed by atoms with Crippen molar-refractivity contribution in [2.75, 3.05) is 17.2 Å². The van der Waals surface area contributed by atoms with E-state index in [1.54, 1.807) is 6.07 Å². The topological polar surface area (TPSA) is 83.5 Å². The number of nitrogens with zero attached hydrogens (tertiary/aromatic N) is 3. The highest BCUT2D eigenvalue weighted by Gasteiger charge is 2.31. The molecule has 0 spiro atoms. The largest absolute Gasteiger partial charge is 0.573 e. The Balaban J connectivity index is 1.71. The second kappa shape index (κ2) is 11.4. The Morgan fingerprint density at radius 1 is 0.971 bits per heavy atom. The molecule has 0 saturated carbocycles. The van der Waals surface area contributed by atoms with Gasteiger partial charge in [0.1, 0.15) is 5.75 Å². The van der Waals surface area contributed by atoms with Gasteiger partial charge in [-0.25, -0.2) is 9.97 Å². The maximum absolute atomic E-state index is 12.5. The monoisotopic (exact) mass is 488 g/mol. The van der Waals surface area contributed by atoms with E-state index in [9.17, 15) is 13.2 Å². The number of hydrogen-bond acceptors (Lipinski definition) is 5. The highest BCUT2D eigenvalue weighted by Crippen LogP contribution is 2.25. The van der Waals surface area contributed by atoms with Crippen LogP contribution in [0.1, 0.15) is 17.0 Å². The number of aryl methyl sites for hydroxylation is 2. The van der Waals surface area contributed by atoms with Crippen LogP contribution >= 0.6 is 12.2 Å². The molecule has 0 fully saturated rings. The van der Waals surface area contributed by atoms with Crippen molar-refractivity contribution in [2.45, 2.75) is 26.6 Å². The van der Waals surface area contributed by atoms with Gasteiger partial charge < -0.3 is 15.4 Å². The maximum atomic E-state index is 12.5. The quantitative estimate of drug-likeness (QED) is 0.256. The van der Waals surface area contributed by atoms with Crippen LogP contribution in [0.2, 0.25) is 0 Å². The fourth-order valence-electron chi connectivity index (χ4n) is 2.98. The number of rotatable bonds is 6. The van der Waals surface area contributed by atoms with Crippen molar-refractivity contribution in [3.05, 3.63) is 77.6 Å². The van der Waals surface area contributed by atoms with Crippen molar-refractivity contribution in [1.29, 1.82) is 0 Å². The SMILES string of the molecule is Cc1cc(C)nc(NC(=NCCc2ccccc2)NC(=S)Nc2cccc(OC(F)(F)F)c2)n1. The lowest BCUT2D eigenvalue weighted by molar-refractivity contribution is -0.274. The molecular formula is C23H23F3N6OS. The Labute approximate surface area is 200 Å². The number of guanidine groups is 1. The molecule has 0 saturated heterocycles. The van der Waals surface area contributed by atoms with Crippen molar-refractivity contribution in [3.8, 4) is 5.75 Å². The Bertz CT molecular complexity index is 1130. The molecular weight excluding hydrogens is 465 g/mol. The number of aliphatic imine (C=N–C) groups is 1. The molecule has 0 amide bonds. The van der Waals surface area contributed by atoms with Crippen LogP contribution in [-0.2, 0) is 6.42 Å². The Morgan fingerprint density at radius 3 is 2.35 bits per heavy atom. The van der Waals surface area contributed by atoms with Crippen LogP contribution in [0.25, 0.3) is 0 Å². The normalized spacial score (nSPS) is 11.6. The molecule has 0 aliphatic heterocycles. The first kappa shape index (κ1) is 24.9. The van der Waals surface area contributed by atoms with Crippen LogP contribution in [0, 0.1) is 13.8 Å². The number of aromatic nitrogens is 2. The third-order valence-electron chi connectivity index (χ3n) is 4.28. The average molecular weight is 489 g/mol. The van der Waals surface area contributed by atoms with Gasteiger partial charge in [0.15, 0.2) is 5.11 Å². The molecule has 3 rings (SSSR count). The zero-order valence-corrected chi connectivity index (χ0v) is 19.3. The summed E-state index contributed by atoms with van der Waals surface area (Å²) >= 11 is 5.33. The Kier molecular flexibility index (Phi) is 8.36. The summed E-state index contributed by atoms with van der Waals surface area (Å²) in [5, 5.41) is 8.88. The number of thiocarbonyl (C=S) groups is 1. The van der Waals surface area contributed by atoms with Gasteiger partial charge in [-0.2, -0.15) is 0 Å². The molecule has 0 aliphatic carbocycles. The van der Waals surface area contributed by atoms with E-state index in [0.717, 1.165) is 17.0 Å². The first-order valence-corrected chi connectivity index (χ1v) is 10.7. The second-order valence-corrected chi connectivity index (χ2v) is 7.63. The molecule has 11 heteroatoms. The second-order valence-electron chi connectivity index (χ2n) is 7.22. The summed E-state index contributed by atoms with van der Waals surface area (Å²) in [5.74, 6) is 0.270. The Hall–Kier alpha value is -3.73. The zero-order valence-electron chi connectivity index (χ0n) is 18.5. The predicted molar refractivity (Wildman–Crippen MR) is 130 cm³/mol. The minimum atomic E-state index is -4.79. The molecule has 178 valence electrons. The number of nitrogens with one attached hydrogen (secondary N) is 3. The molecule has 0 bridgehead atoms. The molecule has 34 heavy (non-hydrogen) atoms. The van der Waals surface area contributed by atoms with Gasteiger partial charge in [0.2, 0.25) is 11.9 Å². The van der Waals surface area contributed by atoms with Gasteiger partial charge >= 0.3 is 6.36 Å². The van der Waals surface area contributed by atoms with E-state index in [0.29, 0.717) is 30.6 Å². The summed E-state index contributed by atoms with van der Waals surface area (Å²) in [7, 11) is 0. The first-order chi connectivity index (χ1) is 16.2. The average Bonchev–Trinajstić information content (AvgIpc) is 2.72. The smallest absolute Gasteiger partial charge is 0.406 e. The fourth-order valence-corrected chi connectivity index (χ4v) is 3.19. The third-order valence-corrected chi connectivity index (χ3v) is 4.49.